The molecule has 0 aliphatic carbocycles. The van der Waals surface area contributed by atoms with E-state index < -0.39 is 23.1 Å². The minimum atomic E-state index is -4.63. The molecule has 2 rings (SSSR count). The third-order valence-corrected chi connectivity index (χ3v) is 3.61. The van der Waals surface area contributed by atoms with Gasteiger partial charge in [-0.15, -0.1) is 0 Å². The summed E-state index contributed by atoms with van der Waals surface area (Å²) in [5.74, 6) is -0.767. The van der Waals surface area contributed by atoms with Gasteiger partial charge in [0.25, 0.3) is 0 Å². The Morgan fingerprint density at radius 2 is 1.81 bits per heavy atom. The Hall–Kier alpha value is -1.53. The lowest BCUT2D eigenvalue weighted by atomic mass is 9.98. The zero-order valence-electron chi connectivity index (χ0n) is 10.3. The summed E-state index contributed by atoms with van der Waals surface area (Å²) in [6, 6.07) is 7.34. The van der Waals surface area contributed by atoms with Crippen LogP contribution in [0.3, 0.4) is 0 Å². The van der Waals surface area contributed by atoms with Crippen LogP contribution in [0.25, 0.3) is 0 Å². The summed E-state index contributed by atoms with van der Waals surface area (Å²) in [6.45, 7) is 0. The van der Waals surface area contributed by atoms with Gasteiger partial charge in [0.1, 0.15) is 0 Å². The standard InChI is InChI=1S/C14H8BrClF3NO/c15-8-2-3-9(10(6-8)14(17,18)19)13(21)7-1-4-12(20)11(16)5-7/h1-6H,20H2. The summed E-state index contributed by atoms with van der Waals surface area (Å²) in [7, 11) is 0. The van der Waals surface area contributed by atoms with Gasteiger partial charge in [-0.05, 0) is 36.4 Å². The number of carbonyl (C=O) groups is 1. The van der Waals surface area contributed by atoms with E-state index in [-0.39, 0.29) is 20.7 Å². The van der Waals surface area contributed by atoms with Crippen LogP contribution in [0.5, 0.6) is 0 Å². The summed E-state index contributed by atoms with van der Waals surface area (Å²) < 4.78 is 39.3. The SMILES string of the molecule is Nc1ccc(C(=O)c2ccc(Br)cc2C(F)(F)F)cc1Cl. The molecule has 0 saturated carbocycles. The maximum absolute atomic E-state index is 13.0. The van der Waals surface area contributed by atoms with Crippen LogP contribution in [0.15, 0.2) is 40.9 Å². The molecule has 7 heteroatoms. The lowest BCUT2D eigenvalue weighted by molar-refractivity contribution is -0.137. The van der Waals surface area contributed by atoms with Crippen LogP contribution in [-0.4, -0.2) is 5.78 Å². The fraction of sp³-hybridized carbons (Fsp3) is 0.0714. The molecule has 2 aromatic rings. The number of anilines is 1. The number of hydrogen-bond donors (Lipinski definition) is 1. The quantitative estimate of drug-likeness (QED) is 0.594. The molecule has 0 radical (unpaired) electrons. The maximum Gasteiger partial charge on any atom is 0.417 e. The Morgan fingerprint density at radius 1 is 1.14 bits per heavy atom. The van der Waals surface area contributed by atoms with Crippen molar-refractivity contribution in [2.24, 2.45) is 0 Å². The molecule has 0 aromatic heterocycles. The molecule has 0 fully saturated rings. The highest BCUT2D eigenvalue weighted by atomic mass is 79.9. The van der Waals surface area contributed by atoms with Crippen LogP contribution in [0.4, 0.5) is 18.9 Å². The highest BCUT2D eigenvalue weighted by Crippen LogP contribution is 2.35. The molecule has 2 aromatic carbocycles. The molecule has 2 nitrogen and oxygen atoms in total. The second kappa shape index (κ2) is 5.69. The maximum atomic E-state index is 13.0. The Labute approximate surface area is 131 Å². The first-order chi connectivity index (χ1) is 9.70. The van der Waals surface area contributed by atoms with Crippen molar-refractivity contribution >= 4 is 39.0 Å². The number of nitrogen functional groups attached to an aromatic ring is 1. The number of alkyl halides is 3. The van der Waals surface area contributed by atoms with Gasteiger partial charge in [-0.25, -0.2) is 0 Å². The van der Waals surface area contributed by atoms with E-state index in [0.717, 1.165) is 12.1 Å². The van der Waals surface area contributed by atoms with Crippen LogP contribution >= 0.6 is 27.5 Å². The van der Waals surface area contributed by atoms with Crippen molar-refractivity contribution in [3.8, 4) is 0 Å². The Balaban J connectivity index is 2.55. The molecule has 0 aliphatic rings. The Kier molecular flexibility index (Phi) is 4.30. The van der Waals surface area contributed by atoms with Crippen LogP contribution < -0.4 is 5.73 Å². The summed E-state index contributed by atoms with van der Waals surface area (Å²) in [5.41, 5.74) is 4.37. The van der Waals surface area contributed by atoms with E-state index in [9.17, 15) is 18.0 Å². The molecule has 0 aliphatic heterocycles. The monoisotopic (exact) mass is 377 g/mol. The van der Waals surface area contributed by atoms with Gasteiger partial charge in [-0.1, -0.05) is 27.5 Å². The number of benzene rings is 2. The normalized spacial score (nSPS) is 11.5. The molecule has 0 saturated heterocycles. The first-order valence-electron chi connectivity index (χ1n) is 5.66. The minimum absolute atomic E-state index is 0.0435. The third-order valence-electron chi connectivity index (χ3n) is 2.79. The lowest BCUT2D eigenvalue weighted by Crippen LogP contribution is -2.14. The minimum Gasteiger partial charge on any atom is -0.398 e. The topological polar surface area (TPSA) is 43.1 Å². The van der Waals surface area contributed by atoms with Crippen molar-refractivity contribution in [3.63, 3.8) is 0 Å². The first-order valence-corrected chi connectivity index (χ1v) is 6.83. The van der Waals surface area contributed by atoms with Crippen LogP contribution in [0, 0.1) is 0 Å². The summed E-state index contributed by atoms with van der Waals surface area (Å²) in [6.07, 6.45) is -4.63. The van der Waals surface area contributed by atoms with Crippen LogP contribution in [0.2, 0.25) is 5.02 Å². The van der Waals surface area contributed by atoms with Gasteiger partial charge in [0.2, 0.25) is 0 Å². The molecule has 0 amide bonds. The van der Waals surface area contributed by atoms with Gasteiger partial charge in [-0.2, -0.15) is 13.2 Å². The zero-order chi connectivity index (χ0) is 15.8. The van der Waals surface area contributed by atoms with E-state index in [2.05, 4.69) is 15.9 Å². The van der Waals surface area contributed by atoms with Crippen molar-refractivity contribution in [1.82, 2.24) is 0 Å². The van der Waals surface area contributed by atoms with E-state index in [4.69, 9.17) is 17.3 Å². The van der Waals surface area contributed by atoms with Crippen molar-refractivity contribution in [2.75, 3.05) is 5.73 Å². The van der Waals surface area contributed by atoms with Gasteiger partial charge in [-0.3, -0.25) is 4.79 Å². The summed E-state index contributed by atoms with van der Waals surface area (Å²) in [5, 5.41) is 0.117. The molecule has 0 bridgehead atoms. The van der Waals surface area contributed by atoms with Crippen molar-refractivity contribution in [1.29, 1.82) is 0 Å². The van der Waals surface area contributed by atoms with E-state index in [0.29, 0.717) is 0 Å². The second-order valence-corrected chi connectivity index (χ2v) is 5.58. The third kappa shape index (κ3) is 3.39. The van der Waals surface area contributed by atoms with Crippen LogP contribution in [0.1, 0.15) is 21.5 Å². The van der Waals surface area contributed by atoms with Crippen molar-refractivity contribution < 1.29 is 18.0 Å². The smallest absolute Gasteiger partial charge is 0.398 e. The number of nitrogens with two attached hydrogens (primary N) is 1. The molecule has 21 heavy (non-hydrogen) atoms. The largest absolute Gasteiger partial charge is 0.417 e. The van der Waals surface area contributed by atoms with E-state index in [1.807, 2.05) is 0 Å². The average Bonchev–Trinajstić information content (AvgIpc) is 2.40. The van der Waals surface area contributed by atoms with Gasteiger partial charge < -0.3 is 5.73 Å². The van der Waals surface area contributed by atoms with Crippen LogP contribution in [-0.2, 0) is 6.18 Å². The average molecular weight is 379 g/mol. The van der Waals surface area contributed by atoms with Crippen molar-refractivity contribution in [3.05, 3.63) is 62.6 Å². The number of carbonyl (C=O) groups excluding carboxylic acids is 1. The molecule has 0 spiro atoms. The Morgan fingerprint density at radius 3 is 2.38 bits per heavy atom. The van der Waals surface area contributed by atoms with Gasteiger partial charge in [0, 0.05) is 15.6 Å². The molecular weight excluding hydrogens is 371 g/mol. The van der Waals surface area contributed by atoms with Gasteiger partial charge in [0.15, 0.2) is 5.78 Å². The second-order valence-electron chi connectivity index (χ2n) is 4.25. The molecular formula is C14H8BrClF3NO. The fourth-order valence-corrected chi connectivity index (χ4v) is 2.31. The lowest BCUT2D eigenvalue weighted by Gasteiger charge is -2.13. The number of halogens is 5. The van der Waals surface area contributed by atoms with E-state index in [1.54, 1.807) is 0 Å². The molecule has 0 unspecified atom stereocenters. The van der Waals surface area contributed by atoms with Crippen molar-refractivity contribution in [2.45, 2.75) is 6.18 Å². The summed E-state index contributed by atoms with van der Waals surface area (Å²) in [4.78, 5) is 12.3. The molecule has 0 heterocycles. The number of ketones is 1. The van der Waals surface area contributed by atoms with Gasteiger partial charge in [0.05, 0.1) is 16.3 Å². The first kappa shape index (κ1) is 15.9. The predicted molar refractivity (Wildman–Crippen MR) is 78.4 cm³/mol. The molecule has 110 valence electrons. The number of hydrogen-bond acceptors (Lipinski definition) is 2. The highest BCUT2D eigenvalue weighted by molar-refractivity contribution is 9.10. The zero-order valence-corrected chi connectivity index (χ0v) is 12.7. The molecule has 0 atom stereocenters. The predicted octanol–water partition coefficient (Wildman–Crippen LogP) is 4.93. The fourth-order valence-electron chi connectivity index (χ4n) is 1.77. The summed E-state index contributed by atoms with van der Waals surface area (Å²) >= 11 is 8.76. The van der Waals surface area contributed by atoms with E-state index >= 15 is 0 Å². The molecule has 2 N–H and O–H groups in total. The van der Waals surface area contributed by atoms with E-state index in [1.165, 1.54) is 24.3 Å². The van der Waals surface area contributed by atoms with Gasteiger partial charge >= 0.3 is 6.18 Å². The highest BCUT2D eigenvalue weighted by Gasteiger charge is 2.35. The Bertz CT molecular complexity index is 716. The number of rotatable bonds is 2.